The fraction of sp³-hybridized carbons (Fsp3) is 0.241. The number of nitrogens with one attached hydrogen (secondary N) is 1. The second-order valence-electron chi connectivity index (χ2n) is 9.16. The number of benzene rings is 2. The summed E-state index contributed by atoms with van der Waals surface area (Å²) in [6, 6.07) is 11.3. The highest BCUT2D eigenvalue weighted by molar-refractivity contribution is 6.05. The third-order valence-corrected chi connectivity index (χ3v) is 6.71. The van der Waals surface area contributed by atoms with E-state index in [0.717, 1.165) is 46.8 Å². The van der Waals surface area contributed by atoms with Crippen molar-refractivity contribution < 1.29 is 23.4 Å². The van der Waals surface area contributed by atoms with E-state index in [2.05, 4.69) is 9.72 Å². The summed E-state index contributed by atoms with van der Waals surface area (Å²) in [5, 5.41) is 9.24. The number of carbonyl (C=O) groups excluding carboxylic acids is 1. The molecule has 1 aliphatic rings. The van der Waals surface area contributed by atoms with Crippen LogP contribution in [0.15, 0.2) is 48.7 Å². The van der Waals surface area contributed by atoms with E-state index >= 15 is 4.39 Å². The van der Waals surface area contributed by atoms with Crippen LogP contribution in [0.3, 0.4) is 0 Å². The van der Waals surface area contributed by atoms with E-state index in [1.54, 1.807) is 12.3 Å². The lowest BCUT2D eigenvalue weighted by Crippen LogP contribution is -2.16. The molecule has 0 spiro atoms. The highest BCUT2D eigenvalue weighted by Gasteiger charge is 2.26. The van der Waals surface area contributed by atoms with E-state index in [1.165, 1.54) is 25.5 Å². The van der Waals surface area contributed by atoms with E-state index in [4.69, 9.17) is 25.6 Å². The molecule has 0 radical (unpaired) electrons. The highest BCUT2D eigenvalue weighted by atomic mass is 19.1. The fourth-order valence-corrected chi connectivity index (χ4v) is 4.79. The highest BCUT2D eigenvalue weighted by Crippen LogP contribution is 2.43. The summed E-state index contributed by atoms with van der Waals surface area (Å²) < 4.78 is 31.4. The Hall–Kier alpha value is -4.37. The van der Waals surface area contributed by atoms with Crippen molar-refractivity contribution in [2.45, 2.75) is 25.7 Å². The first-order chi connectivity index (χ1) is 18.4. The van der Waals surface area contributed by atoms with E-state index < -0.39 is 11.8 Å². The van der Waals surface area contributed by atoms with Crippen molar-refractivity contribution in [3.63, 3.8) is 0 Å². The zero-order valence-corrected chi connectivity index (χ0v) is 21.1. The average molecular weight is 515 g/mol. The molecule has 1 saturated heterocycles. The maximum absolute atomic E-state index is 15.0. The average Bonchev–Trinajstić information content (AvgIpc) is 2.93. The first-order valence-corrected chi connectivity index (χ1v) is 12.2. The topological polar surface area (TPSA) is 120 Å². The molecule has 0 atom stereocenters. The summed E-state index contributed by atoms with van der Waals surface area (Å²) in [5.74, 6) is -1.21. The number of rotatable bonds is 6. The summed E-state index contributed by atoms with van der Waals surface area (Å²) in [4.78, 5) is 21.2. The van der Waals surface area contributed by atoms with Crippen LogP contribution in [0.4, 0.5) is 10.1 Å². The lowest BCUT2D eigenvalue weighted by molar-refractivity contribution is 0.0600. The van der Waals surface area contributed by atoms with E-state index in [9.17, 15) is 4.79 Å². The molecule has 5 rings (SSSR count). The molecule has 3 N–H and O–H groups in total. The van der Waals surface area contributed by atoms with E-state index in [-0.39, 0.29) is 23.1 Å². The molecule has 194 valence electrons. The number of anilines is 1. The molecule has 2 aromatic carbocycles. The molecule has 38 heavy (non-hydrogen) atoms. The summed E-state index contributed by atoms with van der Waals surface area (Å²) in [7, 11) is 1.23. The van der Waals surface area contributed by atoms with Crippen LogP contribution in [0, 0.1) is 18.2 Å². The van der Waals surface area contributed by atoms with Crippen molar-refractivity contribution in [1.82, 2.24) is 9.97 Å². The van der Waals surface area contributed by atoms with Crippen molar-refractivity contribution in [2.75, 3.05) is 26.1 Å². The third kappa shape index (κ3) is 4.80. The number of hydrogen-bond donors (Lipinski definition) is 2. The molecule has 0 aliphatic carbocycles. The van der Waals surface area contributed by atoms with Crippen molar-refractivity contribution >= 4 is 28.6 Å². The molecule has 3 heterocycles. The van der Waals surface area contributed by atoms with Crippen molar-refractivity contribution in [3.05, 3.63) is 77.0 Å². The van der Waals surface area contributed by atoms with Crippen molar-refractivity contribution in [2.24, 2.45) is 0 Å². The van der Waals surface area contributed by atoms with Gasteiger partial charge in [-0.1, -0.05) is 0 Å². The van der Waals surface area contributed by atoms with Crippen LogP contribution in [0.2, 0.25) is 0 Å². The van der Waals surface area contributed by atoms with Crippen molar-refractivity contribution in [1.29, 1.82) is 5.41 Å². The number of halogens is 1. The molecule has 0 bridgehead atoms. The minimum absolute atomic E-state index is 0.0707. The standard InChI is InChI=1S/C29H27FN4O4/c1-16-11-18(5-8-33-16)26-21-12-20(15-31)24(32)14-22(21)28(34-27(26)17-6-9-37-10-7-17)38-25-4-3-19(13-23(25)30)29(35)36-2/h3-5,8,11-15,17,31H,6-7,9-10,32H2,1-2H3. The molecule has 2 aromatic heterocycles. The Morgan fingerprint density at radius 3 is 2.63 bits per heavy atom. The number of carbonyl (C=O) groups is 1. The number of methoxy groups -OCH3 is 1. The zero-order chi connectivity index (χ0) is 26.8. The molecule has 0 unspecified atom stereocenters. The van der Waals surface area contributed by atoms with Gasteiger partial charge in [-0.05, 0) is 73.2 Å². The molecular formula is C29H27FN4O4. The fourth-order valence-electron chi connectivity index (χ4n) is 4.79. The first-order valence-electron chi connectivity index (χ1n) is 12.2. The summed E-state index contributed by atoms with van der Waals surface area (Å²) >= 11 is 0. The Kier molecular flexibility index (Phi) is 7.02. The van der Waals surface area contributed by atoms with Gasteiger partial charge in [-0.25, -0.2) is 14.2 Å². The Balaban J connectivity index is 1.76. The molecule has 0 amide bonds. The summed E-state index contributed by atoms with van der Waals surface area (Å²) in [6.45, 7) is 3.13. The van der Waals surface area contributed by atoms with Crippen LogP contribution < -0.4 is 10.5 Å². The maximum atomic E-state index is 15.0. The number of pyridine rings is 2. The van der Waals surface area contributed by atoms with Gasteiger partial charge >= 0.3 is 5.97 Å². The summed E-state index contributed by atoms with van der Waals surface area (Å²) in [6.07, 6.45) is 4.49. The molecule has 0 saturated carbocycles. The van der Waals surface area contributed by atoms with Gasteiger partial charge in [-0.3, -0.25) is 4.98 Å². The molecule has 4 aromatic rings. The number of nitrogens with two attached hydrogens (primary N) is 1. The summed E-state index contributed by atoms with van der Waals surface area (Å²) in [5.41, 5.74) is 10.7. The minimum atomic E-state index is -0.728. The number of hydrogen-bond acceptors (Lipinski definition) is 8. The maximum Gasteiger partial charge on any atom is 0.337 e. The van der Waals surface area contributed by atoms with Gasteiger partial charge in [0.1, 0.15) is 0 Å². The Bertz CT molecular complexity index is 1550. The number of aromatic nitrogens is 2. The van der Waals surface area contributed by atoms with Gasteiger partial charge in [0, 0.05) is 59.4 Å². The van der Waals surface area contributed by atoms with Crippen LogP contribution in [0.1, 0.15) is 46.1 Å². The molecular weight excluding hydrogens is 487 g/mol. The number of ether oxygens (including phenoxy) is 3. The normalized spacial score (nSPS) is 13.9. The number of fused-ring (bicyclic) bond motifs is 1. The van der Waals surface area contributed by atoms with Gasteiger partial charge in [0.15, 0.2) is 11.6 Å². The van der Waals surface area contributed by atoms with Crippen LogP contribution >= 0.6 is 0 Å². The molecule has 8 nitrogen and oxygen atoms in total. The van der Waals surface area contributed by atoms with Crippen LogP contribution in [-0.4, -0.2) is 42.5 Å². The smallest absolute Gasteiger partial charge is 0.337 e. The van der Waals surface area contributed by atoms with Crippen molar-refractivity contribution in [3.8, 4) is 22.8 Å². The number of esters is 1. The third-order valence-electron chi connectivity index (χ3n) is 6.71. The lowest BCUT2D eigenvalue weighted by Gasteiger charge is -2.26. The molecule has 9 heteroatoms. The van der Waals surface area contributed by atoms with Gasteiger partial charge in [0.25, 0.3) is 0 Å². The van der Waals surface area contributed by atoms with Gasteiger partial charge < -0.3 is 25.4 Å². The predicted molar refractivity (Wildman–Crippen MR) is 143 cm³/mol. The zero-order valence-electron chi connectivity index (χ0n) is 21.1. The lowest BCUT2D eigenvalue weighted by atomic mass is 9.87. The SMILES string of the molecule is COC(=O)c1ccc(Oc2nc(C3CCOCC3)c(-c3ccnc(C)c3)c3cc(C=N)c(N)cc23)c(F)c1. The Morgan fingerprint density at radius 2 is 1.95 bits per heavy atom. The van der Waals surface area contributed by atoms with Crippen LogP contribution in [0.25, 0.3) is 21.9 Å². The number of nitrogens with zero attached hydrogens (tertiary/aromatic N) is 2. The minimum Gasteiger partial charge on any atom is -0.465 e. The number of nitrogen functional groups attached to an aromatic ring is 1. The quantitative estimate of drug-likeness (QED) is 0.190. The van der Waals surface area contributed by atoms with Crippen LogP contribution in [0.5, 0.6) is 11.6 Å². The molecule has 1 fully saturated rings. The Morgan fingerprint density at radius 1 is 1.16 bits per heavy atom. The van der Waals surface area contributed by atoms with Gasteiger partial charge in [-0.2, -0.15) is 0 Å². The van der Waals surface area contributed by atoms with Crippen LogP contribution in [-0.2, 0) is 9.47 Å². The first kappa shape index (κ1) is 25.3. The van der Waals surface area contributed by atoms with Gasteiger partial charge in [-0.15, -0.1) is 0 Å². The Labute approximate surface area is 219 Å². The number of aryl methyl sites for hydroxylation is 1. The second-order valence-corrected chi connectivity index (χ2v) is 9.16. The van der Waals surface area contributed by atoms with E-state index in [0.29, 0.717) is 29.9 Å². The van der Waals surface area contributed by atoms with E-state index in [1.807, 2.05) is 25.1 Å². The van der Waals surface area contributed by atoms with Gasteiger partial charge in [0.05, 0.1) is 18.4 Å². The monoisotopic (exact) mass is 514 g/mol. The van der Waals surface area contributed by atoms with Gasteiger partial charge in [0.2, 0.25) is 5.88 Å². The predicted octanol–water partition coefficient (Wildman–Crippen LogP) is 5.80. The second kappa shape index (κ2) is 10.5. The molecule has 1 aliphatic heterocycles. The largest absolute Gasteiger partial charge is 0.465 e.